The first-order chi connectivity index (χ1) is 13.8. The molecule has 0 radical (unpaired) electrons. The van der Waals surface area contributed by atoms with Crippen molar-refractivity contribution in [3.63, 3.8) is 0 Å². The Morgan fingerprint density at radius 2 is 1.79 bits per heavy atom. The molecule has 0 unspecified atom stereocenters. The van der Waals surface area contributed by atoms with Crippen LogP contribution in [0.25, 0.3) is 0 Å². The molecule has 0 bridgehead atoms. The summed E-state index contributed by atoms with van der Waals surface area (Å²) in [6, 6.07) is 14.8. The van der Waals surface area contributed by atoms with Crippen molar-refractivity contribution >= 4 is 11.8 Å². The number of nitrogens with zero attached hydrogens (tertiary/aromatic N) is 4. The van der Waals surface area contributed by atoms with Gasteiger partial charge in [0.1, 0.15) is 5.82 Å². The Morgan fingerprint density at radius 3 is 2.43 bits per heavy atom. The second-order valence-corrected chi connectivity index (χ2v) is 7.03. The van der Waals surface area contributed by atoms with Gasteiger partial charge < -0.3 is 20.4 Å². The molecule has 2 heterocycles. The average molecular weight is 381 g/mol. The summed E-state index contributed by atoms with van der Waals surface area (Å²) >= 11 is 0. The van der Waals surface area contributed by atoms with Gasteiger partial charge >= 0.3 is 0 Å². The van der Waals surface area contributed by atoms with Crippen LogP contribution in [0.5, 0.6) is 0 Å². The van der Waals surface area contributed by atoms with E-state index < -0.39 is 0 Å². The molecule has 28 heavy (non-hydrogen) atoms. The van der Waals surface area contributed by atoms with Crippen LogP contribution in [0.15, 0.2) is 53.7 Å². The normalized spacial score (nSPS) is 15.5. The van der Waals surface area contributed by atoms with E-state index in [-0.39, 0.29) is 0 Å². The third-order valence-corrected chi connectivity index (χ3v) is 5.19. The first-order valence-electron chi connectivity index (χ1n) is 10.2. The fourth-order valence-electron chi connectivity index (χ4n) is 3.38. The van der Waals surface area contributed by atoms with Crippen molar-refractivity contribution in [1.82, 2.24) is 20.5 Å². The lowest BCUT2D eigenvalue weighted by Crippen LogP contribution is -2.46. The molecule has 1 saturated heterocycles. The summed E-state index contributed by atoms with van der Waals surface area (Å²) in [5.41, 5.74) is 2.48. The molecule has 1 fully saturated rings. The van der Waals surface area contributed by atoms with E-state index in [4.69, 9.17) is 0 Å². The average Bonchev–Trinajstić information content (AvgIpc) is 2.77. The van der Waals surface area contributed by atoms with E-state index in [0.717, 1.165) is 63.0 Å². The smallest absolute Gasteiger partial charge is 0.191 e. The number of rotatable bonds is 7. The van der Waals surface area contributed by atoms with Crippen LogP contribution in [0.4, 0.5) is 5.82 Å². The second kappa shape index (κ2) is 10.7. The molecule has 0 spiro atoms. The predicted molar refractivity (Wildman–Crippen MR) is 117 cm³/mol. The third-order valence-electron chi connectivity index (χ3n) is 5.19. The lowest BCUT2D eigenvalue weighted by molar-refractivity contribution is 0.270. The molecular weight excluding hydrogens is 348 g/mol. The van der Waals surface area contributed by atoms with E-state index in [1.165, 1.54) is 5.56 Å². The molecule has 150 valence electrons. The van der Waals surface area contributed by atoms with E-state index in [9.17, 15) is 0 Å². The zero-order valence-electron chi connectivity index (χ0n) is 17.1. The zero-order valence-corrected chi connectivity index (χ0v) is 17.1. The highest BCUT2D eigenvalue weighted by atomic mass is 15.3. The monoisotopic (exact) mass is 380 g/mol. The van der Waals surface area contributed by atoms with Crippen LogP contribution in [0.3, 0.4) is 0 Å². The summed E-state index contributed by atoms with van der Waals surface area (Å²) in [5, 5.41) is 6.73. The van der Waals surface area contributed by atoms with Crippen LogP contribution >= 0.6 is 0 Å². The van der Waals surface area contributed by atoms with Crippen molar-refractivity contribution in [1.29, 1.82) is 0 Å². The summed E-state index contributed by atoms with van der Waals surface area (Å²) in [7, 11) is 1.80. The minimum absolute atomic E-state index is 0.710. The third kappa shape index (κ3) is 5.96. The predicted octanol–water partition coefficient (Wildman–Crippen LogP) is 2.13. The van der Waals surface area contributed by atoms with Gasteiger partial charge in [-0.15, -0.1) is 0 Å². The fraction of sp³-hybridized carbons (Fsp3) is 0.455. The summed E-state index contributed by atoms with van der Waals surface area (Å²) in [5.74, 6) is 1.89. The number of aromatic nitrogens is 1. The Morgan fingerprint density at radius 1 is 1.00 bits per heavy atom. The van der Waals surface area contributed by atoms with Crippen molar-refractivity contribution in [2.24, 2.45) is 4.99 Å². The van der Waals surface area contributed by atoms with Crippen molar-refractivity contribution < 1.29 is 0 Å². The standard InChI is InChI=1S/C22H32N6/c1-3-27-13-15-28(16-14-27)21-10-9-20(17-25-21)18-26-22(23-2)24-12-11-19-7-5-4-6-8-19/h4-10,17H,3,11-16,18H2,1-2H3,(H2,23,24,26). The van der Waals surface area contributed by atoms with Gasteiger partial charge in [-0.3, -0.25) is 4.99 Å². The number of piperazine rings is 1. The Bertz CT molecular complexity index is 720. The number of anilines is 1. The van der Waals surface area contributed by atoms with Gasteiger partial charge in [0, 0.05) is 52.5 Å². The first kappa shape index (κ1) is 20.1. The van der Waals surface area contributed by atoms with Crippen LogP contribution in [0, 0.1) is 0 Å². The highest BCUT2D eigenvalue weighted by molar-refractivity contribution is 5.79. The van der Waals surface area contributed by atoms with Gasteiger partial charge in [-0.1, -0.05) is 43.3 Å². The van der Waals surface area contributed by atoms with E-state index in [1.807, 2.05) is 12.3 Å². The maximum Gasteiger partial charge on any atom is 0.191 e. The lowest BCUT2D eigenvalue weighted by Gasteiger charge is -2.34. The number of hydrogen-bond donors (Lipinski definition) is 2. The summed E-state index contributed by atoms with van der Waals surface area (Å²) in [6.45, 7) is 9.25. The number of benzene rings is 1. The molecule has 0 aliphatic carbocycles. The second-order valence-electron chi connectivity index (χ2n) is 7.03. The van der Waals surface area contributed by atoms with E-state index in [1.54, 1.807) is 7.05 Å². The van der Waals surface area contributed by atoms with E-state index in [0.29, 0.717) is 6.54 Å². The van der Waals surface area contributed by atoms with Gasteiger partial charge in [-0.25, -0.2) is 4.98 Å². The van der Waals surface area contributed by atoms with Crippen LogP contribution < -0.4 is 15.5 Å². The Balaban J connectivity index is 1.42. The van der Waals surface area contributed by atoms with Crippen molar-refractivity contribution in [2.75, 3.05) is 51.2 Å². The van der Waals surface area contributed by atoms with Crippen molar-refractivity contribution in [2.45, 2.75) is 19.9 Å². The zero-order chi connectivity index (χ0) is 19.6. The van der Waals surface area contributed by atoms with Gasteiger partial charge in [0.05, 0.1) is 0 Å². The largest absolute Gasteiger partial charge is 0.356 e. The molecular formula is C22H32N6. The molecule has 2 aromatic rings. The van der Waals surface area contributed by atoms with Crippen LogP contribution in [-0.2, 0) is 13.0 Å². The van der Waals surface area contributed by atoms with E-state index >= 15 is 0 Å². The topological polar surface area (TPSA) is 55.8 Å². The molecule has 2 N–H and O–H groups in total. The Labute approximate surface area is 168 Å². The van der Waals surface area contributed by atoms with Gasteiger partial charge in [-0.05, 0) is 30.2 Å². The van der Waals surface area contributed by atoms with Gasteiger partial charge in [0.2, 0.25) is 0 Å². The number of likely N-dealkylation sites (N-methyl/N-ethyl adjacent to an activating group) is 1. The molecule has 1 aliphatic heterocycles. The molecule has 0 amide bonds. The number of nitrogens with one attached hydrogen (secondary N) is 2. The lowest BCUT2D eigenvalue weighted by atomic mass is 10.1. The molecule has 1 aliphatic rings. The van der Waals surface area contributed by atoms with Gasteiger partial charge in [-0.2, -0.15) is 0 Å². The minimum Gasteiger partial charge on any atom is -0.356 e. The fourth-order valence-corrected chi connectivity index (χ4v) is 3.38. The maximum absolute atomic E-state index is 4.67. The highest BCUT2D eigenvalue weighted by Crippen LogP contribution is 2.14. The summed E-state index contributed by atoms with van der Waals surface area (Å²) in [6.07, 6.45) is 2.94. The Hall–Kier alpha value is -2.60. The first-order valence-corrected chi connectivity index (χ1v) is 10.2. The molecule has 0 saturated carbocycles. The summed E-state index contributed by atoms with van der Waals surface area (Å²) < 4.78 is 0. The van der Waals surface area contributed by atoms with Crippen molar-refractivity contribution in [3.8, 4) is 0 Å². The number of aliphatic imine (C=N–C) groups is 1. The molecule has 1 aromatic heterocycles. The van der Waals surface area contributed by atoms with E-state index in [2.05, 4.69) is 73.7 Å². The van der Waals surface area contributed by atoms with Crippen molar-refractivity contribution in [3.05, 3.63) is 59.8 Å². The Kier molecular flexibility index (Phi) is 7.67. The minimum atomic E-state index is 0.710. The SMILES string of the molecule is CCN1CCN(c2ccc(CNC(=NC)NCCc3ccccc3)cn2)CC1. The number of guanidine groups is 1. The van der Waals surface area contributed by atoms with Gasteiger partial charge in [0.25, 0.3) is 0 Å². The molecule has 1 aromatic carbocycles. The summed E-state index contributed by atoms with van der Waals surface area (Å²) in [4.78, 5) is 13.8. The van der Waals surface area contributed by atoms with Crippen LogP contribution in [0.2, 0.25) is 0 Å². The quantitative estimate of drug-likeness (QED) is 0.569. The molecule has 3 rings (SSSR count). The molecule has 0 atom stereocenters. The van der Waals surface area contributed by atoms with Crippen LogP contribution in [-0.4, -0.2) is 62.2 Å². The highest BCUT2D eigenvalue weighted by Gasteiger charge is 2.16. The number of pyridine rings is 1. The molecule has 6 nitrogen and oxygen atoms in total. The van der Waals surface area contributed by atoms with Gasteiger partial charge in [0.15, 0.2) is 5.96 Å². The molecule has 6 heteroatoms. The number of hydrogen-bond acceptors (Lipinski definition) is 4. The maximum atomic E-state index is 4.67. The van der Waals surface area contributed by atoms with Crippen LogP contribution in [0.1, 0.15) is 18.1 Å².